The lowest BCUT2D eigenvalue weighted by Crippen LogP contribution is -2.33. The van der Waals surface area contributed by atoms with Crippen LogP contribution in [0.5, 0.6) is 17.2 Å². The minimum atomic E-state index is 0.0146. The van der Waals surface area contributed by atoms with Gasteiger partial charge in [0.15, 0.2) is 11.5 Å². The SMILES string of the molecule is COc1cc2c(=O)n(CCC3CCN(Cc4ccccc4)CC3)sc2c(OC)c1OC. The second-order valence-electron chi connectivity index (χ2n) is 8.01. The van der Waals surface area contributed by atoms with Crippen LogP contribution >= 0.6 is 11.5 Å². The van der Waals surface area contributed by atoms with Crippen LogP contribution in [-0.4, -0.2) is 43.3 Å². The molecular weight excluding hydrogens is 412 g/mol. The van der Waals surface area contributed by atoms with Gasteiger partial charge in [-0.05, 0) is 49.9 Å². The predicted molar refractivity (Wildman–Crippen MR) is 125 cm³/mol. The molecule has 31 heavy (non-hydrogen) atoms. The minimum absolute atomic E-state index is 0.0146. The number of fused-ring (bicyclic) bond motifs is 1. The van der Waals surface area contributed by atoms with E-state index in [1.54, 1.807) is 27.4 Å². The quantitative estimate of drug-likeness (QED) is 0.518. The Morgan fingerprint density at radius 3 is 2.35 bits per heavy atom. The van der Waals surface area contributed by atoms with Crippen molar-refractivity contribution in [1.82, 2.24) is 8.86 Å². The predicted octanol–water partition coefficient (Wildman–Crippen LogP) is 4.39. The van der Waals surface area contributed by atoms with E-state index in [2.05, 4.69) is 35.2 Å². The fourth-order valence-corrected chi connectivity index (χ4v) is 5.49. The highest BCUT2D eigenvalue weighted by molar-refractivity contribution is 7.14. The molecule has 166 valence electrons. The maximum Gasteiger partial charge on any atom is 0.268 e. The fraction of sp³-hybridized carbons (Fsp3) is 0.458. The molecule has 2 aromatic carbocycles. The van der Waals surface area contributed by atoms with Crippen molar-refractivity contribution in [3.8, 4) is 17.2 Å². The first kappa shape index (κ1) is 21.7. The lowest BCUT2D eigenvalue weighted by molar-refractivity contribution is 0.170. The Hall–Kier alpha value is -2.51. The Labute approximate surface area is 187 Å². The van der Waals surface area contributed by atoms with Crippen molar-refractivity contribution in [3.63, 3.8) is 0 Å². The Balaban J connectivity index is 1.42. The summed E-state index contributed by atoms with van der Waals surface area (Å²) in [4.78, 5) is 15.5. The normalized spacial score (nSPS) is 15.3. The topological polar surface area (TPSA) is 52.9 Å². The summed E-state index contributed by atoms with van der Waals surface area (Å²) in [5.74, 6) is 2.25. The minimum Gasteiger partial charge on any atom is -0.493 e. The van der Waals surface area contributed by atoms with Crippen molar-refractivity contribution in [2.24, 2.45) is 5.92 Å². The second-order valence-corrected chi connectivity index (χ2v) is 9.05. The van der Waals surface area contributed by atoms with Crippen LogP contribution in [0.3, 0.4) is 0 Å². The number of rotatable bonds is 8. The van der Waals surface area contributed by atoms with Gasteiger partial charge in [-0.1, -0.05) is 41.9 Å². The van der Waals surface area contributed by atoms with E-state index < -0.39 is 0 Å². The lowest BCUT2D eigenvalue weighted by atomic mass is 9.93. The zero-order chi connectivity index (χ0) is 21.8. The lowest BCUT2D eigenvalue weighted by Gasteiger charge is -2.32. The van der Waals surface area contributed by atoms with E-state index in [4.69, 9.17) is 14.2 Å². The first-order valence-electron chi connectivity index (χ1n) is 10.7. The number of hydrogen-bond donors (Lipinski definition) is 0. The molecule has 0 spiro atoms. The molecule has 3 aromatic rings. The average molecular weight is 443 g/mol. The summed E-state index contributed by atoms with van der Waals surface area (Å²) in [6, 6.07) is 12.4. The number of nitrogens with zero attached hydrogens (tertiary/aromatic N) is 2. The van der Waals surface area contributed by atoms with Crippen LogP contribution in [-0.2, 0) is 13.1 Å². The number of benzene rings is 2. The van der Waals surface area contributed by atoms with Gasteiger partial charge in [0, 0.05) is 13.1 Å². The van der Waals surface area contributed by atoms with Crippen molar-refractivity contribution in [3.05, 3.63) is 52.3 Å². The number of methoxy groups -OCH3 is 3. The van der Waals surface area contributed by atoms with Gasteiger partial charge in [-0.3, -0.25) is 13.7 Å². The van der Waals surface area contributed by atoms with Crippen molar-refractivity contribution in [1.29, 1.82) is 0 Å². The smallest absolute Gasteiger partial charge is 0.268 e. The van der Waals surface area contributed by atoms with Gasteiger partial charge in [0.1, 0.15) is 4.70 Å². The molecule has 0 aliphatic carbocycles. The van der Waals surface area contributed by atoms with E-state index in [0.717, 1.165) is 37.3 Å². The third-order valence-corrected chi connectivity index (χ3v) is 7.30. The zero-order valence-electron chi connectivity index (χ0n) is 18.4. The number of hydrogen-bond acceptors (Lipinski definition) is 6. The number of aryl methyl sites for hydroxylation is 1. The maximum atomic E-state index is 13.0. The molecule has 1 saturated heterocycles. The molecule has 1 fully saturated rings. The largest absolute Gasteiger partial charge is 0.493 e. The molecule has 2 heterocycles. The number of likely N-dealkylation sites (tertiary alicyclic amines) is 1. The number of aromatic nitrogens is 1. The van der Waals surface area contributed by atoms with Gasteiger partial charge in [-0.15, -0.1) is 0 Å². The van der Waals surface area contributed by atoms with E-state index in [9.17, 15) is 4.79 Å². The van der Waals surface area contributed by atoms with Crippen LogP contribution in [0.15, 0.2) is 41.2 Å². The van der Waals surface area contributed by atoms with E-state index in [1.165, 1.54) is 29.9 Å². The summed E-state index contributed by atoms with van der Waals surface area (Å²) in [5.41, 5.74) is 1.39. The van der Waals surface area contributed by atoms with Crippen LogP contribution in [0.1, 0.15) is 24.8 Å². The summed E-state index contributed by atoms with van der Waals surface area (Å²) < 4.78 is 19.1. The molecule has 0 atom stereocenters. The van der Waals surface area contributed by atoms with Gasteiger partial charge in [0.05, 0.1) is 26.7 Å². The van der Waals surface area contributed by atoms with Crippen LogP contribution in [0, 0.1) is 5.92 Å². The van der Waals surface area contributed by atoms with Crippen LogP contribution in [0.4, 0.5) is 0 Å². The highest BCUT2D eigenvalue weighted by Crippen LogP contribution is 2.44. The molecule has 0 N–H and O–H groups in total. The summed E-state index contributed by atoms with van der Waals surface area (Å²) in [5, 5.41) is 0.622. The molecule has 7 heteroatoms. The van der Waals surface area contributed by atoms with E-state index in [1.807, 2.05) is 3.96 Å². The van der Waals surface area contributed by atoms with Gasteiger partial charge in [-0.2, -0.15) is 0 Å². The van der Waals surface area contributed by atoms with E-state index in [0.29, 0.717) is 28.6 Å². The Morgan fingerprint density at radius 2 is 1.71 bits per heavy atom. The van der Waals surface area contributed by atoms with Gasteiger partial charge in [0.25, 0.3) is 5.56 Å². The summed E-state index contributed by atoms with van der Waals surface area (Å²) in [6.45, 7) is 3.98. The molecule has 0 saturated carbocycles. The Kier molecular flexibility index (Phi) is 6.83. The first-order valence-corrected chi connectivity index (χ1v) is 11.5. The van der Waals surface area contributed by atoms with Crippen LogP contribution in [0.25, 0.3) is 10.1 Å². The fourth-order valence-electron chi connectivity index (χ4n) is 4.39. The zero-order valence-corrected chi connectivity index (χ0v) is 19.2. The highest BCUT2D eigenvalue weighted by atomic mass is 32.1. The molecule has 1 aliphatic rings. The second kappa shape index (κ2) is 9.75. The van der Waals surface area contributed by atoms with Gasteiger partial charge in [-0.25, -0.2) is 0 Å². The van der Waals surface area contributed by atoms with Crippen LogP contribution < -0.4 is 19.8 Å². The summed E-state index contributed by atoms with van der Waals surface area (Å²) >= 11 is 1.45. The summed E-state index contributed by atoms with van der Waals surface area (Å²) in [7, 11) is 4.74. The molecule has 1 aromatic heterocycles. The molecule has 6 nitrogen and oxygen atoms in total. The molecule has 4 rings (SSSR count). The first-order chi connectivity index (χ1) is 15.1. The Morgan fingerprint density at radius 1 is 1.00 bits per heavy atom. The van der Waals surface area contributed by atoms with Gasteiger partial charge < -0.3 is 14.2 Å². The number of ether oxygens (including phenoxy) is 3. The maximum absolute atomic E-state index is 13.0. The standard InChI is InChI=1S/C24H30N2O4S/c1-28-20-15-19-23(22(30-3)21(20)29-2)31-26(24(19)27)14-11-17-9-12-25(13-10-17)16-18-7-5-4-6-8-18/h4-8,15,17H,9-14,16H2,1-3H3. The van der Waals surface area contributed by atoms with Crippen molar-refractivity contribution in [2.45, 2.75) is 32.4 Å². The molecule has 0 bridgehead atoms. The third kappa shape index (κ3) is 4.57. The van der Waals surface area contributed by atoms with E-state index >= 15 is 0 Å². The average Bonchev–Trinajstić information content (AvgIpc) is 3.13. The van der Waals surface area contributed by atoms with Crippen molar-refractivity contribution >= 4 is 21.6 Å². The van der Waals surface area contributed by atoms with Crippen LogP contribution in [0.2, 0.25) is 0 Å². The van der Waals surface area contributed by atoms with Crippen molar-refractivity contribution < 1.29 is 14.2 Å². The molecule has 0 unspecified atom stereocenters. The highest BCUT2D eigenvalue weighted by Gasteiger charge is 2.23. The monoisotopic (exact) mass is 442 g/mol. The van der Waals surface area contributed by atoms with Crippen molar-refractivity contribution in [2.75, 3.05) is 34.4 Å². The molecular formula is C24H30N2O4S. The third-order valence-electron chi connectivity index (χ3n) is 6.14. The molecule has 0 radical (unpaired) electrons. The van der Waals surface area contributed by atoms with E-state index in [-0.39, 0.29) is 5.56 Å². The molecule has 1 aliphatic heterocycles. The number of piperidine rings is 1. The van der Waals surface area contributed by atoms with Gasteiger partial charge >= 0.3 is 0 Å². The van der Waals surface area contributed by atoms with Gasteiger partial charge in [0.2, 0.25) is 5.75 Å². The summed E-state index contributed by atoms with van der Waals surface area (Å²) in [6.07, 6.45) is 3.37. The molecule has 0 amide bonds. The Bertz CT molecular complexity index is 1070.